The number of thiophene rings is 1. The van der Waals surface area contributed by atoms with Crippen molar-refractivity contribution in [2.75, 3.05) is 0 Å². The molecule has 0 aliphatic carbocycles. The molecule has 3 aromatic heterocycles. The SMILES string of the molecule is O=C(O)c1ccc(C(=O)/C=C/c2c(Cl)nc3sccn23)s1. The van der Waals surface area contributed by atoms with Gasteiger partial charge in [0, 0.05) is 11.6 Å². The maximum absolute atomic E-state index is 12.0. The molecule has 3 heterocycles. The second kappa shape index (κ2) is 5.44. The fourth-order valence-corrected chi connectivity index (χ4v) is 3.52. The van der Waals surface area contributed by atoms with Crippen molar-refractivity contribution in [1.29, 1.82) is 0 Å². The number of fused-ring (bicyclic) bond motifs is 1. The molecule has 0 unspecified atom stereocenters. The van der Waals surface area contributed by atoms with E-state index in [1.807, 2.05) is 11.6 Å². The van der Waals surface area contributed by atoms with Gasteiger partial charge in [0.25, 0.3) is 0 Å². The van der Waals surface area contributed by atoms with Gasteiger partial charge < -0.3 is 5.11 Å². The molecule has 0 aliphatic rings. The van der Waals surface area contributed by atoms with Crippen molar-refractivity contribution in [2.45, 2.75) is 0 Å². The largest absolute Gasteiger partial charge is 0.477 e. The number of carbonyl (C=O) groups is 2. The molecule has 0 amide bonds. The van der Waals surface area contributed by atoms with Crippen LogP contribution in [-0.4, -0.2) is 26.2 Å². The van der Waals surface area contributed by atoms with Gasteiger partial charge >= 0.3 is 5.97 Å². The number of carbonyl (C=O) groups excluding carboxylic acids is 1. The summed E-state index contributed by atoms with van der Waals surface area (Å²) in [6.45, 7) is 0. The summed E-state index contributed by atoms with van der Waals surface area (Å²) >= 11 is 8.41. The molecule has 0 saturated heterocycles. The molecule has 106 valence electrons. The zero-order valence-corrected chi connectivity index (χ0v) is 12.7. The molecule has 3 rings (SSSR count). The second-order valence-corrected chi connectivity index (χ2v) is 6.32. The predicted molar refractivity (Wildman–Crippen MR) is 82.7 cm³/mol. The summed E-state index contributed by atoms with van der Waals surface area (Å²) in [7, 11) is 0. The summed E-state index contributed by atoms with van der Waals surface area (Å²) in [5.74, 6) is -1.31. The minimum Gasteiger partial charge on any atom is -0.477 e. The monoisotopic (exact) mass is 338 g/mol. The Morgan fingerprint density at radius 3 is 2.81 bits per heavy atom. The molecule has 21 heavy (non-hydrogen) atoms. The van der Waals surface area contributed by atoms with Crippen LogP contribution in [0, 0.1) is 0 Å². The number of aromatic nitrogens is 2. The number of carboxylic acid groups (broad SMARTS) is 1. The van der Waals surface area contributed by atoms with Gasteiger partial charge in [-0.1, -0.05) is 11.6 Å². The smallest absolute Gasteiger partial charge is 0.345 e. The number of imidazole rings is 1. The molecule has 5 nitrogen and oxygen atoms in total. The first kappa shape index (κ1) is 14.0. The molecular formula is C13H7ClN2O3S2. The molecule has 0 aromatic carbocycles. The van der Waals surface area contributed by atoms with Crippen LogP contribution in [0.25, 0.3) is 11.0 Å². The quantitative estimate of drug-likeness (QED) is 0.581. The number of allylic oxidation sites excluding steroid dienone is 1. The lowest BCUT2D eigenvalue weighted by Gasteiger charge is -1.92. The highest BCUT2D eigenvalue weighted by Gasteiger charge is 2.12. The molecule has 0 aliphatic heterocycles. The first-order valence-electron chi connectivity index (χ1n) is 5.73. The van der Waals surface area contributed by atoms with Gasteiger partial charge in [-0.2, -0.15) is 0 Å². The van der Waals surface area contributed by atoms with Crippen molar-refractivity contribution < 1.29 is 14.7 Å². The zero-order chi connectivity index (χ0) is 15.0. The van der Waals surface area contributed by atoms with E-state index >= 15 is 0 Å². The molecule has 0 bridgehead atoms. The van der Waals surface area contributed by atoms with Crippen LogP contribution in [0.15, 0.2) is 29.8 Å². The van der Waals surface area contributed by atoms with E-state index in [0.717, 1.165) is 16.3 Å². The van der Waals surface area contributed by atoms with Gasteiger partial charge in [0.05, 0.1) is 10.6 Å². The Kier molecular flexibility index (Phi) is 3.62. The van der Waals surface area contributed by atoms with Crippen molar-refractivity contribution in [3.05, 3.63) is 50.4 Å². The van der Waals surface area contributed by atoms with E-state index in [1.165, 1.54) is 29.5 Å². The minimum atomic E-state index is -1.04. The number of nitrogens with zero attached hydrogens (tertiary/aromatic N) is 2. The van der Waals surface area contributed by atoms with E-state index in [1.54, 1.807) is 10.5 Å². The van der Waals surface area contributed by atoms with Crippen LogP contribution >= 0.6 is 34.3 Å². The first-order valence-corrected chi connectivity index (χ1v) is 7.80. The van der Waals surface area contributed by atoms with Crippen LogP contribution in [0.1, 0.15) is 25.0 Å². The van der Waals surface area contributed by atoms with Crippen LogP contribution in [-0.2, 0) is 0 Å². The van der Waals surface area contributed by atoms with Crippen molar-refractivity contribution >= 4 is 57.1 Å². The van der Waals surface area contributed by atoms with E-state index in [4.69, 9.17) is 16.7 Å². The highest BCUT2D eigenvalue weighted by molar-refractivity contribution is 7.16. The summed E-state index contributed by atoms with van der Waals surface area (Å²) in [5.41, 5.74) is 0.622. The minimum absolute atomic E-state index is 0.134. The van der Waals surface area contributed by atoms with Gasteiger partial charge in [-0.15, -0.1) is 22.7 Å². The first-order chi connectivity index (χ1) is 10.1. The molecule has 3 aromatic rings. The zero-order valence-electron chi connectivity index (χ0n) is 10.3. The van der Waals surface area contributed by atoms with E-state index in [9.17, 15) is 9.59 Å². The standard InChI is InChI=1S/C13H7ClN2O3S2/c14-11-7(16-5-6-20-13(16)15-11)1-2-8(17)9-3-4-10(21-9)12(18)19/h1-6H,(H,18,19)/b2-1+. The Balaban J connectivity index is 1.88. The highest BCUT2D eigenvalue weighted by Crippen LogP contribution is 2.23. The molecule has 0 fully saturated rings. The third kappa shape index (κ3) is 2.63. The molecular weight excluding hydrogens is 332 g/mol. The number of thiazole rings is 1. The third-order valence-electron chi connectivity index (χ3n) is 2.71. The number of rotatable bonds is 4. The van der Waals surface area contributed by atoms with Crippen molar-refractivity contribution in [1.82, 2.24) is 9.38 Å². The van der Waals surface area contributed by atoms with Crippen LogP contribution < -0.4 is 0 Å². The lowest BCUT2D eigenvalue weighted by Crippen LogP contribution is -1.91. The molecule has 8 heteroatoms. The normalized spacial score (nSPS) is 11.5. The average Bonchev–Trinajstić information content (AvgIpc) is 3.11. The molecule has 0 saturated carbocycles. The Morgan fingerprint density at radius 1 is 1.33 bits per heavy atom. The van der Waals surface area contributed by atoms with Gasteiger partial charge in [0.2, 0.25) is 0 Å². The maximum atomic E-state index is 12.0. The lowest BCUT2D eigenvalue weighted by molar-refractivity contribution is 0.0702. The Bertz CT molecular complexity index is 875. The molecule has 0 spiro atoms. The van der Waals surface area contributed by atoms with E-state index in [0.29, 0.717) is 15.7 Å². The number of aromatic carboxylic acids is 1. The van der Waals surface area contributed by atoms with Crippen molar-refractivity contribution in [2.24, 2.45) is 0 Å². The second-order valence-electron chi connectivity index (χ2n) is 4.01. The summed E-state index contributed by atoms with van der Waals surface area (Å²) in [5, 5.41) is 11.0. The Labute approximate surface area is 131 Å². The lowest BCUT2D eigenvalue weighted by atomic mass is 10.2. The fraction of sp³-hybridized carbons (Fsp3) is 0. The number of carboxylic acids is 1. The number of ketones is 1. The Hall–Kier alpha value is -1.96. The fourth-order valence-electron chi connectivity index (χ4n) is 1.75. The Morgan fingerprint density at radius 2 is 2.10 bits per heavy atom. The van der Waals surface area contributed by atoms with Crippen LogP contribution in [0.2, 0.25) is 5.15 Å². The van der Waals surface area contributed by atoms with Crippen LogP contribution in [0.4, 0.5) is 0 Å². The van der Waals surface area contributed by atoms with Gasteiger partial charge in [-0.05, 0) is 24.3 Å². The van der Waals surface area contributed by atoms with Gasteiger partial charge in [0.15, 0.2) is 15.9 Å². The topological polar surface area (TPSA) is 71.7 Å². The number of hydrogen-bond donors (Lipinski definition) is 1. The van der Waals surface area contributed by atoms with E-state index in [2.05, 4.69) is 4.98 Å². The summed E-state index contributed by atoms with van der Waals surface area (Å²) in [4.78, 5) is 28.2. The van der Waals surface area contributed by atoms with Gasteiger partial charge in [0.1, 0.15) is 4.88 Å². The van der Waals surface area contributed by atoms with Gasteiger partial charge in [-0.3, -0.25) is 9.20 Å². The molecule has 0 radical (unpaired) electrons. The summed E-state index contributed by atoms with van der Waals surface area (Å²) in [6, 6.07) is 2.91. The summed E-state index contributed by atoms with van der Waals surface area (Å²) in [6.07, 6.45) is 4.76. The molecule has 1 N–H and O–H groups in total. The highest BCUT2D eigenvalue weighted by atomic mass is 35.5. The number of halogens is 1. The predicted octanol–water partition coefficient (Wildman–Crippen LogP) is 3.71. The van der Waals surface area contributed by atoms with E-state index in [-0.39, 0.29) is 10.7 Å². The average molecular weight is 339 g/mol. The summed E-state index contributed by atoms with van der Waals surface area (Å²) < 4.78 is 1.79. The van der Waals surface area contributed by atoms with Crippen molar-refractivity contribution in [3.63, 3.8) is 0 Å². The maximum Gasteiger partial charge on any atom is 0.345 e. The van der Waals surface area contributed by atoms with Crippen LogP contribution in [0.3, 0.4) is 0 Å². The molecule has 0 atom stereocenters. The van der Waals surface area contributed by atoms with Gasteiger partial charge in [-0.25, -0.2) is 9.78 Å². The third-order valence-corrected chi connectivity index (χ3v) is 4.83. The van der Waals surface area contributed by atoms with E-state index < -0.39 is 5.97 Å². The van der Waals surface area contributed by atoms with Crippen LogP contribution in [0.5, 0.6) is 0 Å². The van der Waals surface area contributed by atoms with Crippen molar-refractivity contribution in [3.8, 4) is 0 Å². The number of hydrogen-bond acceptors (Lipinski definition) is 5.